The van der Waals surface area contributed by atoms with E-state index in [0.29, 0.717) is 12.8 Å². The Morgan fingerprint density at radius 1 is 0.878 bits per heavy atom. The summed E-state index contributed by atoms with van der Waals surface area (Å²) in [6.45, 7) is 2.31. The molecule has 3 saturated carbocycles. The highest BCUT2D eigenvalue weighted by atomic mass is 19.3. The number of halogens is 2. The molecule has 1 saturated heterocycles. The molecule has 0 aromatic rings. The number of primary amides is 1. The first-order chi connectivity index (χ1) is 19.4. The van der Waals surface area contributed by atoms with Crippen LogP contribution in [0, 0.1) is 11.8 Å². The molecule has 230 valence electrons. The SMILES string of the molecule is CC1(NC(=O)NC(C(=O)N2CCCC2C(=O)NC(CC2CCC2(F)F)C(=O)C(N)=O)C2CCCCC2)CCCCC1. The standard InChI is InChI=1S/C29H45F2N5O5/c1-28(13-6-3-7-14-28)35-27(41)34-22(18-9-4-2-5-10-18)26(40)36-16-8-11-21(36)25(39)33-20(23(37)24(32)38)17-19-12-15-29(19,30)31/h18-22H,2-17H2,1H3,(H2,32,38)(H,33,39)(H2,34,35,41). The molecule has 5 amide bonds. The number of urea groups is 1. The van der Waals surface area contributed by atoms with Crippen molar-refractivity contribution in [3.05, 3.63) is 0 Å². The van der Waals surface area contributed by atoms with Crippen molar-refractivity contribution in [2.45, 2.75) is 133 Å². The maximum atomic E-state index is 14.0. The summed E-state index contributed by atoms with van der Waals surface area (Å²) in [5.41, 5.74) is 4.82. The van der Waals surface area contributed by atoms with E-state index in [1.807, 2.05) is 6.92 Å². The molecular formula is C29H45F2N5O5. The van der Waals surface area contributed by atoms with E-state index in [1.165, 1.54) is 4.90 Å². The fraction of sp³-hybridized carbons (Fsp3) is 0.828. The van der Waals surface area contributed by atoms with Gasteiger partial charge < -0.3 is 26.6 Å². The minimum atomic E-state index is -2.97. The maximum Gasteiger partial charge on any atom is 0.315 e. The van der Waals surface area contributed by atoms with Crippen LogP contribution in [0.2, 0.25) is 0 Å². The molecule has 0 radical (unpaired) electrons. The van der Waals surface area contributed by atoms with Gasteiger partial charge in [-0.3, -0.25) is 19.2 Å². The molecule has 10 nitrogen and oxygen atoms in total. The average molecular weight is 582 g/mol. The molecule has 4 fully saturated rings. The monoisotopic (exact) mass is 581 g/mol. The Kier molecular flexibility index (Phi) is 9.89. The Balaban J connectivity index is 1.46. The Labute approximate surface area is 240 Å². The molecule has 4 unspecified atom stereocenters. The van der Waals surface area contributed by atoms with Gasteiger partial charge in [-0.1, -0.05) is 38.5 Å². The van der Waals surface area contributed by atoms with Gasteiger partial charge in [0, 0.05) is 24.4 Å². The summed E-state index contributed by atoms with van der Waals surface area (Å²) in [5, 5.41) is 8.50. The van der Waals surface area contributed by atoms with Crippen molar-refractivity contribution in [1.82, 2.24) is 20.9 Å². The largest absolute Gasteiger partial charge is 0.363 e. The second-order valence-electron chi connectivity index (χ2n) is 12.8. The fourth-order valence-electron chi connectivity index (χ4n) is 7.05. The summed E-state index contributed by atoms with van der Waals surface area (Å²) in [6, 6.07) is -3.64. The van der Waals surface area contributed by atoms with E-state index < -0.39 is 60.0 Å². The fourth-order valence-corrected chi connectivity index (χ4v) is 7.05. The summed E-state index contributed by atoms with van der Waals surface area (Å²) in [6.07, 6.45) is 9.77. The number of likely N-dealkylation sites (tertiary alicyclic amines) is 1. The van der Waals surface area contributed by atoms with Gasteiger partial charge in [-0.15, -0.1) is 0 Å². The lowest BCUT2D eigenvalue weighted by Crippen LogP contribution is -2.60. The van der Waals surface area contributed by atoms with Crippen LogP contribution in [0.4, 0.5) is 13.6 Å². The lowest BCUT2D eigenvalue weighted by Gasteiger charge is -2.38. The molecule has 12 heteroatoms. The normalized spacial score (nSPS) is 27.1. The number of alkyl halides is 2. The number of carbonyl (C=O) groups excluding carboxylic acids is 5. The van der Waals surface area contributed by atoms with Crippen LogP contribution >= 0.6 is 0 Å². The summed E-state index contributed by atoms with van der Waals surface area (Å²) >= 11 is 0. The van der Waals surface area contributed by atoms with Crippen LogP contribution in [0.15, 0.2) is 0 Å². The first-order valence-electron chi connectivity index (χ1n) is 15.3. The van der Waals surface area contributed by atoms with Crippen molar-refractivity contribution in [2.75, 3.05) is 6.54 Å². The van der Waals surface area contributed by atoms with Crippen molar-refractivity contribution in [3.8, 4) is 0 Å². The Bertz CT molecular complexity index is 1010. The van der Waals surface area contributed by atoms with Crippen molar-refractivity contribution in [1.29, 1.82) is 0 Å². The van der Waals surface area contributed by atoms with E-state index >= 15 is 0 Å². The second kappa shape index (κ2) is 13.0. The molecule has 5 N–H and O–H groups in total. The number of hydrogen-bond donors (Lipinski definition) is 4. The highest BCUT2D eigenvalue weighted by Crippen LogP contribution is 2.46. The Morgan fingerprint density at radius 2 is 1.54 bits per heavy atom. The predicted octanol–water partition coefficient (Wildman–Crippen LogP) is 2.92. The smallest absolute Gasteiger partial charge is 0.315 e. The van der Waals surface area contributed by atoms with Crippen molar-refractivity contribution >= 4 is 29.5 Å². The zero-order chi connectivity index (χ0) is 29.8. The number of carbonyl (C=O) groups is 5. The van der Waals surface area contributed by atoms with E-state index in [0.717, 1.165) is 64.2 Å². The van der Waals surface area contributed by atoms with Gasteiger partial charge in [0.2, 0.25) is 17.6 Å². The molecule has 4 atom stereocenters. The van der Waals surface area contributed by atoms with Gasteiger partial charge >= 0.3 is 6.03 Å². The third-order valence-electron chi connectivity index (χ3n) is 9.70. The predicted molar refractivity (Wildman–Crippen MR) is 147 cm³/mol. The van der Waals surface area contributed by atoms with E-state index in [1.54, 1.807) is 0 Å². The zero-order valence-electron chi connectivity index (χ0n) is 24.0. The van der Waals surface area contributed by atoms with Crippen molar-refractivity contribution < 1.29 is 32.8 Å². The number of nitrogens with two attached hydrogens (primary N) is 1. The number of nitrogens with one attached hydrogen (secondary N) is 3. The molecular weight excluding hydrogens is 536 g/mol. The molecule has 3 aliphatic carbocycles. The Hall–Kier alpha value is -2.79. The van der Waals surface area contributed by atoms with Gasteiger partial charge in [0.1, 0.15) is 12.1 Å². The van der Waals surface area contributed by atoms with Gasteiger partial charge in [0.05, 0.1) is 6.04 Å². The van der Waals surface area contributed by atoms with E-state index in [9.17, 15) is 32.8 Å². The quantitative estimate of drug-likeness (QED) is 0.293. The van der Waals surface area contributed by atoms with Crippen LogP contribution in [0.1, 0.15) is 103 Å². The molecule has 0 aromatic carbocycles. The summed E-state index contributed by atoms with van der Waals surface area (Å²) in [7, 11) is 0. The summed E-state index contributed by atoms with van der Waals surface area (Å²) in [4.78, 5) is 66.0. The molecule has 41 heavy (non-hydrogen) atoms. The van der Waals surface area contributed by atoms with E-state index in [2.05, 4.69) is 16.0 Å². The van der Waals surface area contributed by atoms with Crippen LogP contribution < -0.4 is 21.7 Å². The van der Waals surface area contributed by atoms with Crippen LogP contribution in [-0.4, -0.2) is 70.6 Å². The minimum absolute atomic E-state index is 0.0736. The van der Waals surface area contributed by atoms with Crippen LogP contribution in [-0.2, 0) is 19.2 Å². The molecule has 0 bridgehead atoms. The molecule has 1 heterocycles. The van der Waals surface area contributed by atoms with E-state index in [4.69, 9.17) is 5.73 Å². The van der Waals surface area contributed by atoms with Gasteiger partial charge in [0.25, 0.3) is 11.8 Å². The van der Waals surface area contributed by atoms with Gasteiger partial charge in [0.15, 0.2) is 0 Å². The Morgan fingerprint density at radius 3 is 2.12 bits per heavy atom. The van der Waals surface area contributed by atoms with Gasteiger partial charge in [-0.2, -0.15) is 0 Å². The lowest BCUT2D eigenvalue weighted by atomic mass is 9.76. The minimum Gasteiger partial charge on any atom is -0.363 e. The third-order valence-corrected chi connectivity index (χ3v) is 9.70. The lowest BCUT2D eigenvalue weighted by molar-refractivity contribution is -0.149. The van der Waals surface area contributed by atoms with Crippen molar-refractivity contribution in [2.24, 2.45) is 17.6 Å². The summed E-state index contributed by atoms with van der Waals surface area (Å²) in [5.74, 6) is -7.66. The maximum absolute atomic E-state index is 14.0. The number of ketones is 1. The first-order valence-corrected chi connectivity index (χ1v) is 15.3. The molecule has 0 aromatic heterocycles. The third kappa shape index (κ3) is 7.54. The van der Waals surface area contributed by atoms with Crippen LogP contribution in [0.3, 0.4) is 0 Å². The second-order valence-corrected chi connectivity index (χ2v) is 12.8. The molecule has 1 aliphatic heterocycles. The topological polar surface area (TPSA) is 151 Å². The number of Topliss-reactive ketones (excluding diaryl/α,β-unsaturated/α-hetero) is 1. The van der Waals surface area contributed by atoms with Crippen LogP contribution in [0.25, 0.3) is 0 Å². The molecule has 4 aliphatic rings. The molecule has 4 rings (SSSR count). The highest BCUT2D eigenvalue weighted by Gasteiger charge is 2.50. The highest BCUT2D eigenvalue weighted by molar-refractivity contribution is 6.37. The summed E-state index contributed by atoms with van der Waals surface area (Å²) < 4.78 is 27.9. The zero-order valence-corrected chi connectivity index (χ0v) is 24.0. The van der Waals surface area contributed by atoms with Gasteiger partial charge in [-0.05, 0) is 64.2 Å². The number of rotatable bonds is 10. The number of hydrogen-bond acceptors (Lipinski definition) is 5. The van der Waals surface area contributed by atoms with Gasteiger partial charge in [-0.25, -0.2) is 13.6 Å². The molecule has 0 spiro atoms. The van der Waals surface area contributed by atoms with E-state index in [-0.39, 0.29) is 36.8 Å². The first kappa shape index (κ1) is 31.2. The van der Waals surface area contributed by atoms with Crippen molar-refractivity contribution in [3.63, 3.8) is 0 Å². The number of amides is 5. The average Bonchev–Trinajstić information content (AvgIpc) is 3.43. The number of nitrogens with zero attached hydrogens (tertiary/aromatic N) is 1. The van der Waals surface area contributed by atoms with Crippen LogP contribution in [0.5, 0.6) is 0 Å².